The van der Waals surface area contributed by atoms with Gasteiger partial charge in [0, 0.05) is 43.0 Å². The average Bonchev–Trinajstić information content (AvgIpc) is 2.87. The molecular formula is C15H20BrCl2N3OS. The van der Waals surface area contributed by atoms with Crippen LogP contribution in [0.2, 0.25) is 0 Å². The van der Waals surface area contributed by atoms with E-state index in [2.05, 4.69) is 39.2 Å². The summed E-state index contributed by atoms with van der Waals surface area (Å²) in [5.41, 5.74) is 1.01. The minimum atomic E-state index is 0. The lowest BCUT2D eigenvalue weighted by Crippen LogP contribution is -2.52. The molecule has 0 radical (unpaired) electrons. The van der Waals surface area contributed by atoms with Gasteiger partial charge in [0.1, 0.15) is 0 Å². The second kappa shape index (κ2) is 9.18. The Labute approximate surface area is 161 Å². The zero-order chi connectivity index (χ0) is 14.8. The molecule has 1 aliphatic rings. The second-order valence-corrected chi connectivity index (χ2v) is 7.39. The van der Waals surface area contributed by atoms with Crippen molar-refractivity contribution >= 4 is 68.2 Å². The summed E-state index contributed by atoms with van der Waals surface area (Å²) in [6, 6.07) is 6.41. The van der Waals surface area contributed by atoms with Gasteiger partial charge in [0.25, 0.3) is 0 Å². The SMILES string of the molecule is CC1CNCCN1C(=O)CCc1nc2cc(Br)ccc2s1.Cl.Cl. The van der Waals surface area contributed by atoms with E-state index in [4.69, 9.17) is 0 Å². The van der Waals surface area contributed by atoms with Gasteiger partial charge >= 0.3 is 0 Å². The van der Waals surface area contributed by atoms with E-state index in [1.807, 2.05) is 17.0 Å². The number of benzene rings is 1. The summed E-state index contributed by atoms with van der Waals surface area (Å²) in [6.07, 6.45) is 1.28. The van der Waals surface area contributed by atoms with Crippen LogP contribution in [0.15, 0.2) is 22.7 Å². The predicted octanol–water partition coefficient (Wildman–Crippen LogP) is 3.66. The van der Waals surface area contributed by atoms with E-state index in [9.17, 15) is 4.79 Å². The standard InChI is InChI=1S/C15H18BrN3OS.2ClH/c1-10-9-17-6-7-19(10)15(20)5-4-14-18-12-8-11(16)2-3-13(12)21-14;;/h2-3,8,10,17H,4-7,9H2,1H3;2*1H. The van der Waals surface area contributed by atoms with E-state index in [1.54, 1.807) is 11.3 Å². The third-order valence-corrected chi connectivity index (χ3v) is 5.36. The minimum Gasteiger partial charge on any atom is -0.337 e. The number of amides is 1. The number of aryl methyl sites for hydroxylation is 1. The van der Waals surface area contributed by atoms with Crippen molar-refractivity contribution in [2.45, 2.75) is 25.8 Å². The van der Waals surface area contributed by atoms with E-state index >= 15 is 0 Å². The highest BCUT2D eigenvalue weighted by Crippen LogP contribution is 2.26. The maximum Gasteiger partial charge on any atom is 0.223 e. The molecule has 1 aromatic heterocycles. The Kier molecular flexibility index (Phi) is 8.24. The Morgan fingerprint density at radius 3 is 3.00 bits per heavy atom. The third kappa shape index (κ3) is 5.03. The van der Waals surface area contributed by atoms with Crippen LogP contribution < -0.4 is 5.32 Å². The van der Waals surface area contributed by atoms with Crippen molar-refractivity contribution < 1.29 is 4.79 Å². The lowest BCUT2D eigenvalue weighted by atomic mass is 10.2. The number of halogens is 3. The summed E-state index contributed by atoms with van der Waals surface area (Å²) in [6.45, 7) is 4.69. The normalized spacial score (nSPS) is 17.5. The maximum absolute atomic E-state index is 12.3. The van der Waals surface area contributed by atoms with Gasteiger partial charge < -0.3 is 10.2 Å². The Morgan fingerprint density at radius 2 is 2.26 bits per heavy atom. The Hall–Kier alpha value is -0.400. The molecule has 1 atom stereocenters. The Morgan fingerprint density at radius 1 is 1.48 bits per heavy atom. The van der Waals surface area contributed by atoms with Crippen molar-refractivity contribution in [3.63, 3.8) is 0 Å². The zero-order valence-electron chi connectivity index (χ0n) is 12.8. The molecule has 0 bridgehead atoms. The molecule has 3 rings (SSSR count). The second-order valence-electron chi connectivity index (χ2n) is 5.36. The average molecular weight is 441 g/mol. The first kappa shape index (κ1) is 20.6. The number of carbonyl (C=O) groups is 1. The predicted molar refractivity (Wildman–Crippen MR) is 104 cm³/mol. The number of nitrogens with one attached hydrogen (secondary N) is 1. The summed E-state index contributed by atoms with van der Waals surface area (Å²) in [5, 5.41) is 4.35. The molecule has 0 saturated carbocycles. The van der Waals surface area contributed by atoms with Crippen LogP contribution in [-0.2, 0) is 11.2 Å². The Balaban J connectivity index is 0.00000132. The van der Waals surface area contributed by atoms with Gasteiger partial charge in [-0.25, -0.2) is 4.98 Å². The Bertz CT molecular complexity index is 667. The van der Waals surface area contributed by atoms with E-state index in [0.29, 0.717) is 6.42 Å². The number of thiazole rings is 1. The first-order chi connectivity index (χ1) is 10.1. The molecule has 4 nitrogen and oxygen atoms in total. The van der Waals surface area contributed by atoms with E-state index < -0.39 is 0 Å². The highest BCUT2D eigenvalue weighted by Gasteiger charge is 2.22. The van der Waals surface area contributed by atoms with Crippen molar-refractivity contribution in [2.24, 2.45) is 0 Å². The summed E-state index contributed by atoms with van der Waals surface area (Å²) >= 11 is 5.14. The van der Waals surface area contributed by atoms with E-state index in [0.717, 1.165) is 41.1 Å². The lowest BCUT2D eigenvalue weighted by Gasteiger charge is -2.34. The van der Waals surface area contributed by atoms with E-state index in [1.165, 1.54) is 4.70 Å². The smallest absolute Gasteiger partial charge is 0.223 e. The maximum atomic E-state index is 12.3. The van der Waals surface area contributed by atoms with Crippen LogP contribution in [0.3, 0.4) is 0 Å². The summed E-state index contributed by atoms with van der Waals surface area (Å²) in [5.74, 6) is 0.240. The quantitative estimate of drug-likeness (QED) is 0.791. The molecule has 1 aromatic carbocycles. The summed E-state index contributed by atoms with van der Waals surface area (Å²) in [7, 11) is 0. The van der Waals surface area contributed by atoms with Crippen molar-refractivity contribution in [3.05, 3.63) is 27.7 Å². The number of rotatable bonds is 3. The summed E-state index contributed by atoms with van der Waals surface area (Å²) in [4.78, 5) is 18.9. The van der Waals surface area contributed by atoms with Gasteiger partial charge in [-0.3, -0.25) is 4.79 Å². The number of aromatic nitrogens is 1. The van der Waals surface area contributed by atoms with Gasteiger partial charge in [0.2, 0.25) is 5.91 Å². The zero-order valence-corrected chi connectivity index (χ0v) is 16.8. The molecule has 1 aliphatic heterocycles. The molecule has 0 aliphatic carbocycles. The molecule has 1 saturated heterocycles. The monoisotopic (exact) mass is 439 g/mol. The van der Waals surface area contributed by atoms with Crippen LogP contribution in [0.25, 0.3) is 10.2 Å². The topological polar surface area (TPSA) is 45.2 Å². The molecule has 1 amide bonds. The number of fused-ring (bicyclic) bond motifs is 1. The summed E-state index contributed by atoms with van der Waals surface area (Å²) < 4.78 is 2.22. The molecule has 2 heterocycles. The van der Waals surface area contributed by atoms with Gasteiger partial charge in [-0.1, -0.05) is 15.9 Å². The first-order valence-corrected chi connectivity index (χ1v) is 8.79. The number of hydrogen-bond acceptors (Lipinski definition) is 4. The molecule has 1 N–H and O–H groups in total. The van der Waals surface area contributed by atoms with Crippen molar-refractivity contribution in [1.82, 2.24) is 15.2 Å². The van der Waals surface area contributed by atoms with Crippen LogP contribution in [-0.4, -0.2) is 41.5 Å². The van der Waals surface area contributed by atoms with Gasteiger partial charge in [-0.2, -0.15) is 0 Å². The fraction of sp³-hybridized carbons (Fsp3) is 0.467. The molecule has 2 aromatic rings. The molecule has 0 spiro atoms. The minimum absolute atomic E-state index is 0. The van der Waals surface area contributed by atoms with Crippen LogP contribution in [0.1, 0.15) is 18.4 Å². The molecular weight excluding hydrogens is 421 g/mol. The number of hydrogen-bond donors (Lipinski definition) is 1. The third-order valence-electron chi connectivity index (χ3n) is 3.77. The van der Waals surface area contributed by atoms with Gasteiger partial charge in [-0.05, 0) is 25.1 Å². The molecule has 23 heavy (non-hydrogen) atoms. The number of carbonyl (C=O) groups excluding carboxylic acids is 1. The largest absolute Gasteiger partial charge is 0.337 e. The van der Waals surface area contributed by atoms with Gasteiger partial charge in [0.15, 0.2) is 0 Å². The highest BCUT2D eigenvalue weighted by atomic mass is 79.9. The van der Waals surface area contributed by atoms with Gasteiger partial charge in [-0.15, -0.1) is 36.2 Å². The van der Waals surface area contributed by atoms with E-state index in [-0.39, 0.29) is 36.8 Å². The molecule has 1 fully saturated rings. The molecule has 128 valence electrons. The van der Waals surface area contributed by atoms with Crippen LogP contribution in [0, 0.1) is 0 Å². The van der Waals surface area contributed by atoms with Gasteiger partial charge in [0.05, 0.1) is 15.2 Å². The lowest BCUT2D eigenvalue weighted by molar-refractivity contribution is -0.133. The van der Waals surface area contributed by atoms with Crippen LogP contribution >= 0.6 is 52.1 Å². The molecule has 1 unspecified atom stereocenters. The molecule has 8 heteroatoms. The van der Waals surface area contributed by atoms with Crippen molar-refractivity contribution in [3.8, 4) is 0 Å². The van der Waals surface area contributed by atoms with Crippen LogP contribution in [0.4, 0.5) is 0 Å². The van der Waals surface area contributed by atoms with Crippen LogP contribution in [0.5, 0.6) is 0 Å². The fourth-order valence-electron chi connectivity index (χ4n) is 2.62. The highest BCUT2D eigenvalue weighted by molar-refractivity contribution is 9.10. The number of piperazine rings is 1. The van der Waals surface area contributed by atoms with Crippen molar-refractivity contribution in [1.29, 1.82) is 0 Å². The first-order valence-electron chi connectivity index (χ1n) is 7.18. The number of nitrogens with zero attached hydrogens (tertiary/aromatic N) is 2. The fourth-order valence-corrected chi connectivity index (χ4v) is 3.92. The van der Waals surface area contributed by atoms with Crippen molar-refractivity contribution in [2.75, 3.05) is 19.6 Å².